The van der Waals surface area contributed by atoms with Crippen molar-refractivity contribution in [1.82, 2.24) is 10.3 Å². The molecule has 2 heterocycles. The van der Waals surface area contributed by atoms with E-state index in [0.717, 1.165) is 13.1 Å². The normalized spacial score (nSPS) is 19.9. The zero-order valence-corrected chi connectivity index (χ0v) is 10.8. The number of hydrogen-bond donors (Lipinski definition) is 2. The lowest BCUT2D eigenvalue weighted by atomic mass is 9.96. The lowest BCUT2D eigenvalue weighted by Crippen LogP contribution is -2.26. The molecular formula is C15H20N2. The molecule has 0 aliphatic carbocycles. The highest BCUT2D eigenvalue weighted by molar-refractivity contribution is 5.86. The Morgan fingerprint density at radius 2 is 2.12 bits per heavy atom. The lowest BCUT2D eigenvalue weighted by molar-refractivity contribution is 0.565. The van der Waals surface area contributed by atoms with Gasteiger partial charge in [-0.2, -0.15) is 0 Å². The average Bonchev–Trinajstić information content (AvgIpc) is 2.68. The summed E-state index contributed by atoms with van der Waals surface area (Å²) in [6.07, 6.45) is 0. The number of fused-ring (bicyclic) bond motifs is 3. The van der Waals surface area contributed by atoms with Crippen LogP contribution in [0.1, 0.15) is 49.4 Å². The number of hydrogen-bond acceptors (Lipinski definition) is 1. The van der Waals surface area contributed by atoms with Gasteiger partial charge in [-0.25, -0.2) is 0 Å². The van der Waals surface area contributed by atoms with E-state index in [0.29, 0.717) is 11.8 Å². The molecule has 90 valence electrons. The predicted octanol–water partition coefficient (Wildman–Crippen LogP) is 3.50. The number of aromatic nitrogens is 1. The van der Waals surface area contributed by atoms with Gasteiger partial charge in [0.25, 0.3) is 0 Å². The summed E-state index contributed by atoms with van der Waals surface area (Å²) in [7, 11) is 0. The number of aromatic amines is 1. The molecule has 2 N–H and O–H groups in total. The number of rotatable bonds is 1. The van der Waals surface area contributed by atoms with Crippen LogP contribution in [0.4, 0.5) is 0 Å². The number of benzene rings is 1. The van der Waals surface area contributed by atoms with E-state index >= 15 is 0 Å². The molecule has 0 fully saturated rings. The molecule has 1 aromatic heterocycles. The van der Waals surface area contributed by atoms with Crippen molar-refractivity contribution in [3.63, 3.8) is 0 Å². The molecule has 0 bridgehead atoms. The fourth-order valence-corrected chi connectivity index (χ4v) is 2.77. The minimum absolute atomic E-state index is 0.591. The molecule has 1 aliphatic heterocycles. The maximum absolute atomic E-state index is 3.59. The van der Waals surface area contributed by atoms with Crippen LogP contribution in [0.2, 0.25) is 0 Å². The van der Waals surface area contributed by atoms with Crippen LogP contribution in [-0.2, 0) is 6.54 Å². The minimum Gasteiger partial charge on any atom is -0.358 e. The molecule has 2 aromatic rings. The second-order valence-corrected chi connectivity index (χ2v) is 5.51. The van der Waals surface area contributed by atoms with E-state index in [1.54, 1.807) is 0 Å². The monoisotopic (exact) mass is 228 g/mol. The van der Waals surface area contributed by atoms with Gasteiger partial charge < -0.3 is 10.3 Å². The summed E-state index contributed by atoms with van der Waals surface area (Å²) in [4.78, 5) is 3.59. The van der Waals surface area contributed by atoms with Gasteiger partial charge in [0.1, 0.15) is 0 Å². The quantitative estimate of drug-likeness (QED) is 0.768. The largest absolute Gasteiger partial charge is 0.358 e. The van der Waals surface area contributed by atoms with Crippen LogP contribution in [0.5, 0.6) is 0 Å². The summed E-state index contributed by atoms with van der Waals surface area (Å²) in [5, 5.41) is 4.91. The van der Waals surface area contributed by atoms with E-state index in [1.807, 2.05) is 0 Å². The summed E-state index contributed by atoms with van der Waals surface area (Å²) in [5.41, 5.74) is 5.62. The molecule has 17 heavy (non-hydrogen) atoms. The molecule has 0 saturated carbocycles. The fraction of sp³-hybridized carbons (Fsp3) is 0.467. The van der Waals surface area contributed by atoms with E-state index in [-0.39, 0.29) is 0 Å². The molecule has 0 amide bonds. The van der Waals surface area contributed by atoms with Crippen LogP contribution in [0.3, 0.4) is 0 Å². The zero-order chi connectivity index (χ0) is 12.0. The summed E-state index contributed by atoms with van der Waals surface area (Å²) >= 11 is 0. The highest BCUT2D eigenvalue weighted by atomic mass is 14.9. The first-order valence-electron chi connectivity index (χ1n) is 6.52. The third-order valence-corrected chi connectivity index (χ3v) is 3.87. The van der Waals surface area contributed by atoms with E-state index < -0.39 is 0 Å². The van der Waals surface area contributed by atoms with Gasteiger partial charge in [-0.15, -0.1) is 0 Å². The highest BCUT2D eigenvalue weighted by Gasteiger charge is 2.20. The first-order chi connectivity index (χ1) is 8.16. The van der Waals surface area contributed by atoms with Crippen molar-refractivity contribution in [1.29, 1.82) is 0 Å². The Balaban J connectivity index is 2.22. The van der Waals surface area contributed by atoms with Gasteiger partial charge in [0.2, 0.25) is 0 Å². The Labute approximate surface area is 102 Å². The third kappa shape index (κ3) is 1.67. The Morgan fingerprint density at radius 3 is 2.88 bits per heavy atom. The second-order valence-electron chi connectivity index (χ2n) is 5.51. The Morgan fingerprint density at radius 1 is 1.29 bits per heavy atom. The van der Waals surface area contributed by atoms with Gasteiger partial charge in [0.15, 0.2) is 0 Å². The highest BCUT2D eigenvalue weighted by Crippen LogP contribution is 2.31. The van der Waals surface area contributed by atoms with Crippen LogP contribution in [0.25, 0.3) is 10.9 Å². The summed E-state index contributed by atoms with van der Waals surface area (Å²) in [6, 6.07) is 6.83. The van der Waals surface area contributed by atoms with Crippen molar-refractivity contribution in [2.45, 2.75) is 39.2 Å². The average molecular weight is 228 g/mol. The van der Waals surface area contributed by atoms with Crippen molar-refractivity contribution in [2.75, 3.05) is 6.54 Å². The number of nitrogens with one attached hydrogen (secondary N) is 2. The molecule has 1 atom stereocenters. The van der Waals surface area contributed by atoms with E-state index in [1.165, 1.54) is 27.7 Å². The number of H-pyrrole nitrogens is 1. The molecular weight excluding hydrogens is 208 g/mol. The Hall–Kier alpha value is -1.28. The van der Waals surface area contributed by atoms with Crippen molar-refractivity contribution < 1.29 is 0 Å². The van der Waals surface area contributed by atoms with Gasteiger partial charge in [-0.3, -0.25) is 0 Å². The first kappa shape index (κ1) is 10.8. The molecule has 3 rings (SSSR count). The van der Waals surface area contributed by atoms with Crippen LogP contribution in [0, 0.1) is 0 Å². The van der Waals surface area contributed by atoms with Crippen LogP contribution in [0.15, 0.2) is 18.2 Å². The summed E-state index contributed by atoms with van der Waals surface area (Å²) in [6.45, 7) is 8.87. The summed E-state index contributed by atoms with van der Waals surface area (Å²) in [5.74, 6) is 1.19. The molecule has 0 spiro atoms. The van der Waals surface area contributed by atoms with Crippen molar-refractivity contribution >= 4 is 10.9 Å². The Bertz CT molecular complexity index is 551. The smallest absolute Gasteiger partial charge is 0.0459 e. The van der Waals surface area contributed by atoms with E-state index in [9.17, 15) is 0 Å². The minimum atomic E-state index is 0.591. The maximum Gasteiger partial charge on any atom is 0.0459 e. The molecule has 1 aliphatic rings. The predicted molar refractivity (Wildman–Crippen MR) is 72.5 cm³/mol. The third-order valence-electron chi connectivity index (χ3n) is 3.87. The van der Waals surface area contributed by atoms with Gasteiger partial charge in [0.05, 0.1) is 0 Å². The molecule has 0 saturated heterocycles. The fourth-order valence-electron chi connectivity index (χ4n) is 2.77. The van der Waals surface area contributed by atoms with Gasteiger partial charge in [0, 0.05) is 35.6 Å². The van der Waals surface area contributed by atoms with Crippen LogP contribution >= 0.6 is 0 Å². The van der Waals surface area contributed by atoms with E-state index in [4.69, 9.17) is 0 Å². The van der Waals surface area contributed by atoms with E-state index in [2.05, 4.69) is 49.3 Å². The van der Waals surface area contributed by atoms with Crippen LogP contribution < -0.4 is 5.32 Å². The molecule has 0 radical (unpaired) electrons. The molecule has 1 aromatic carbocycles. The topological polar surface area (TPSA) is 27.8 Å². The Kier molecular flexibility index (Phi) is 2.48. The van der Waals surface area contributed by atoms with Gasteiger partial charge >= 0.3 is 0 Å². The maximum atomic E-state index is 3.59. The SMILES string of the molecule is CC(C)c1ccc2[nH]c3c(c2c1)CNCC3C. The van der Waals surface area contributed by atoms with Crippen LogP contribution in [-0.4, -0.2) is 11.5 Å². The van der Waals surface area contributed by atoms with Gasteiger partial charge in [-0.05, 0) is 29.2 Å². The molecule has 1 unspecified atom stereocenters. The molecule has 2 nitrogen and oxygen atoms in total. The summed E-state index contributed by atoms with van der Waals surface area (Å²) < 4.78 is 0. The zero-order valence-electron chi connectivity index (χ0n) is 10.8. The van der Waals surface area contributed by atoms with Crippen molar-refractivity contribution in [2.24, 2.45) is 0 Å². The van der Waals surface area contributed by atoms with Gasteiger partial charge in [-0.1, -0.05) is 26.8 Å². The second kappa shape index (κ2) is 3.88. The standard InChI is InChI=1S/C15H20N2/c1-9(2)11-4-5-14-12(6-11)13-8-16-7-10(3)15(13)17-14/h4-6,9-10,16-17H,7-8H2,1-3H3. The van der Waals surface area contributed by atoms with Crippen molar-refractivity contribution in [3.05, 3.63) is 35.0 Å². The first-order valence-corrected chi connectivity index (χ1v) is 6.52. The molecule has 2 heteroatoms. The van der Waals surface area contributed by atoms with Crippen molar-refractivity contribution in [3.8, 4) is 0 Å². The lowest BCUT2D eigenvalue weighted by Gasteiger charge is -2.19.